The molecule has 2 atom stereocenters. The minimum Gasteiger partial charge on any atom is -0.462 e. The fraction of sp³-hybridized carbons (Fsp3) is 0.933. The van der Waals surface area contributed by atoms with Gasteiger partial charge in [0.25, 0.3) is 0 Å². The maximum atomic E-state index is 12.2. The summed E-state index contributed by atoms with van der Waals surface area (Å²) in [7, 11) is -4.33. The molecule has 9 nitrogen and oxygen atoms in total. The van der Waals surface area contributed by atoms with Crippen molar-refractivity contribution in [3.8, 4) is 0 Å². The molecular weight excluding hydrogens is 533 g/mol. The number of phosphoric ester groups is 1. The summed E-state index contributed by atoms with van der Waals surface area (Å²) < 4.78 is 31.7. The average molecular weight is 594 g/mol. The van der Waals surface area contributed by atoms with E-state index in [0.29, 0.717) is 6.42 Å². The van der Waals surface area contributed by atoms with Crippen molar-refractivity contribution in [3.63, 3.8) is 0 Å². The number of carbonyl (C=O) groups is 2. The van der Waals surface area contributed by atoms with E-state index in [1.807, 2.05) is 0 Å². The van der Waals surface area contributed by atoms with Crippen LogP contribution < -0.4 is 5.73 Å². The molecular formula is C30H60NO8P. The number of hydrogen-bond donors (Lipinski definition) is 2. The number of rotatable bonds is 30. The van der Waals surface area contributed by atoms with Gasteiger partial charge in [-0.05, 0) is 6.42 Å². The van der Waals surface area contributed by atoms with Gasteiger partial charge in [0.1, 0.15) is 6.61 Å². The second-order valence-electron chi connectivity index (χ2n) is 10.6. The molecule has 2 unspecified atom stereocenters. The molecule has 0 bridgehead atoms. The highest BCUT2D eigenvalue weighted by Gasteiger charge is 2.25. The third-order valence-corrected chi connectivity index (χ3v) is 7.78. The van der Waals surface area contributed by atoms with Gasteiger partial charge in [0.2, 0.25) is 0 Å². The van der Waals surface area contributed by atoms with E-state index in [1.54, 1.807) is 6.92 Å². The summed E-state index contributed by atoms with van der Waals surface area (Å²) in [5, 5.41) is 0. The third-order valence-electron chi connectivity index (χ3n) is 6.80. The largest absolute Gasteiger partial charge is 0.472 e. The Labute approximate surface area is 244 Å². The van der Waals surface area contributed by atoms with Crippen LogP contribution in [0.25, 0.3) is 0 Å². The summed E-state index contributed by atoms with van der Waals surface area (Å²) in [5.74, 6) is -0.921. The summed E-state index contributed by atoms with van der Waals surface area (Å²) in [6.07, 6.45) is 23.8. The van der Waals surface area contributed by atoms with Gasteiger partial charge in [-0.1, -0.05) is 129 Å². The molecule has 0 fully saturated rings. The van der Waals surface area contributed by atoms with Crippen molar-refractivity contribution < 1.29 is 37.6 Å². The first-order valence-electron chi connectivity index (χ1n) is 16.0. The Kier molecular flexibility index (Phi) is 27.4. The Morgan fingerprint density at radius 2 is 1.12 bits per heavy atom. The summed E-state index contributed by atoms with van der Waals surface area (Å²) in [5.41, 5.74) is 5.26. The van der Waals surface area contributed by atoms with E-state index in [4.69, 9.17) is 19.7 Å². The smallest absolute Gasteiger partial charge is 0.462 e. The van der Waals surface area contributed by atoms with Gasteiger partial charge in [-0.2, -0.15) is 0 Å². The first-order valence-corrected chi connectivity index (χ1v) is 17.5. The van der Waals surface area contributed by atoms with Crippen LogP contribution in [0.1, 0.15) is 149 Å². The first kappa shape index (κ1) is 39.0. The summed E-state index contributed by atoms with van der Waals surface area (Å²) in [4.78, 5) is 33.3. The molecule has 0 heterocycles. The Morgan fingerprint density at radius 1 is 0.675 bits per heavy atom. The Hall–Kier alpha value is -0.990. The van der Waals surface area contributed by atoms with Gasteiger partial charge in [0.15, 0.2) is 6.10 Å². The normalized spacial score (nSPS) is 13.6. The van der Waals surface area contributed by atoms with Crippen molar-refractivity contribution in [2.45, 2.75) is 155 Å². The topological polar surface area (TPSA) is 134 Å². The minimum atomic E-state index is -4.33. The van der Waals surface area contributed by atoms with E-state index in [1.165, 1.54) is 103 Å². The van der Waals surface area contributed by atoms with Crippen LogP contribution in [0.4, 0.5) is 0 Å². The molecule has 0 aromatic rings. The van der Waals surface area contributed by atoms with Gasteiger partial charge in [-0.15, -0.1) is 0 Å². The van der Waals surface area contributed by atoms with Crippen LogP contribution in [0, 0.1) is 0 Å². The van der Waals surface area contributed by atoms with E-state index in [0.717, 1.165) is 12.8 Å². The number of phosphoric acid groups is 1. The second-order valence-corrected chi connectivity index (χ2v) is 12.1. The Bertz CT molecular complexity index is 649. The van der Waals surface area contributed by atoms with Gasteiger partial charge in [0, 0.05) is 19.4 Å². The highest BCUT2D eigenvalue weighted by Crippen LogP contribution is 2.43. The predicted octanol–water partition coefficient (Wildman–Crippen LogP) is 7.77. The highest BCUT2D eigenvalue weighted by atomic mass is 31.2. The monoisotopic (exact) mass is 593 g/mol. The van der Waals surface area contributed by atoms with Crippen molar-refractivity contribution in [1.82, 2.24) is 0 Å². The van der Waals surface area contributed by atoms with Crippen molar-refractivity contribution in [1.29, 1.82) is 0 Å². The Morgan fingerprint density at radius 3 is 1.55 bits per heavy atom. The molecule has 0 saturated heterocycles. The Balaban J connectivity index is 3.78. The lowest BCUT2D eigenvalue weighted by molar-refractivity contribution is -0.161. The number of hydrogen-bond acceptors (Lipinski definition) is 8. The van der Waals surface area contributed by atoms with Crippen molar-refractivity contribution in [2.24, 2.45) is 5.73 Å². The van der Waals surface area contributed by atoms with Crippen molar-refractivity contribution >= 4 is 19.8 Å². The van der Waals surface area contributed by atoms with Gasteiger partial charge >= 0.3 is 19.8 Å². The molecule has 0 saturated carbocycles. The number of esters is 2. The maximum absolute atomic E-state index is 12.2. The lowest BCUT2D eigenvalue weighted by atomic mass is 10.0. The highest BCUT2D eigenvalue weighted by molar-refractivity contribution is 7.47. The fourth-order valence-corrected chi connectivity index (χ4v) is 5.14. The van der Waals surface area contributed by atoms with Crippen molar-refractivity contribution in [3.05, 3.63) is 0 Å². The zero-order valence-electron chi connectivity index (χ0n) is 25.6. The van der Waals surface area contributed by atoms with E-state index >= 15 is 0 Å². The number of carbonyl (C=O) groups excluding carboxylic acids is 2. The van der Waals surface area contributed by atoms with Crippen LogP contribution in [-0.2, 0) is 32.7 Å². The number of nitrogens with two attached hydrogens (primary N) is 1. The molecule has 238 valence electrons. The number of ether oxygens (including phenoxy) is 2. The van der Waals surface area contributed by atoms with Crippen LogP contribution in [0.5, 0.6) is 0 Å². The molecule has 0 amide bonds. The van der Waals surface area contributed by atoms with E-state index < -0.39 is 32.5 Å². The van der Waals surface area contributed by atoms with Crippen LogP contribution in [0.15, 0.2) is 0 Å². The average Bonchev–Trinajstić information content (AvgIpc) is 2.94. The molecule has 0 aliphatic carbocycles. The van der Waals surface area contributed by atoms with E-state index in [2.05, 4.69) is 11.4 Å². The second kappa shape index (κ2) is 28.1. The van der Waals surface area contributed by atoms with Crippen LogP contribution in [-0.4, -0.2) is 49.3 Å². The molecule has 0 aliphatic rings. The zero-order chi connectivity index (χ0) is 29.7. The van der Waals surface area contributed by atoms with Gasteiger partial charge in [-0.3, -0.25) is 18.6 Å². The molecule has 0 spiro atoms. The van der Waals surface area contributed by atoms with Crippen LogP contribution in [0.3, 0.4) is 0 Å². The number of unbranched alkanes of at least 4 members (excludes halogenated alkanes) is 18. The summed E-state index contributed by atoms with van der Waals surface area (Å²) in [6, 6.07) is 0. The van der Waals surface area contributed by atoms with Gasteiger partial charge in [-0.25, -0.2) is 4.57 Å². The first-order chi connectivity index (χ1) is 19.3. The van der Waals surface area contributed by atoms with E-state index in [9.17, 15) is 19.0 Å². The molecule has 0 radical (unpaired) electrons. The third kappa shape index (κ3) is 27.2. The molecule has 0 rings (SSSR count). The van der Waals surface area contributed by atoms with Crippen LogP contribution in [0.2, 0.25) is 0 Å². The zero-order valence-corrected chi connectivity index (χ0v) is 26.5. The lowest BCUT2D eigenvalue weighted by Crippen LogP contribution is -2.29. The quantitative estimate of drug-likeness (QED) is 0.0486. The molecule has 0 aromatic carbocycles. The van der Waals surface area contributed by atoms with Gasteiger partial charge in [0.05, 0.1) is 13.2 Å². The summed E-state index contributed by atoms with van der Waals surface area (Å²) in [6.45, 7) is 3.13. The SMILES string of the molecule is CCCCCCCCCCCCCCCCCCCCCC(=O)OC(COC(=O)CC)COP(=O)(O)OCCN. The van der Waals surface area contributed by atoms with Crippen LogP contribution >= 0.6 is 7.82 Å². The standard InChI is InChI=1S/C30H60NO8P/c1-3-5-6-7-8-9-10-11-12-13-14-15-16-17-18-19-20-21-22-23-30(33)39-28(26-36-29(32)4-2)27-38-40(34,35)37-25-24-31/h28H,3-27,31H2,1-2H3,(H,34,35). The summed E-state index contributed by atoms with van der Waals surface area (Å²) >= 11 is 0. The minimum absolute atomic E-state index is 0.0554. The maximum Gasteiger partial charge on any atom is 0.472 e. The predicted molar refractivity (Wildman–Crippen MR) is 160 cm³/mol. The molecule has 3 N–H and O–H groups in total. The molecule has 10 heteroatoms. The molecule has 0 aromatic heterocycles. The molecule has 0 aliphatic heterocycles. The van der Waals surface area contributed by atoms with E-state index in [-0.39, 0.29) is 32.6 Å². The lowest BCUT2D eigenvalue weighted by Gasteiger charge is -2.19. The fourth-order valence-electron chi connectivity index (χ4n) is 4.38. The molecule has 40 heavy (non-hydrogen) atoms. The van der Waals surface area contributed by atoms with Crippen molar-refractivity contribution in [2.75, 3.05) is 26.4 Å². The van der Waals surface area contributed by atoms with Gasteiger partial charge < -0.3 is 20.1 Å².